The number of aliphatic hydroxyl groups excluding tert-OH is 1. The zero-order valence-electron chi connectivity index (χ0n) is 10.0. The van der Waals surface area contributed by atoms with E-state index >= 15 is 0 Å². The first-order chi connectivity index (χ1) is 7.98. The number of hydrogen-bond donors (Lipinski definition) is 1. The molecule has 94 valence electrons. The van der Waals surface area contributed by atoms with Crippen LogP contribution in [0.1, 0.15) is 26.7 Å². The minimum atomic E-state index is -0.780. The molecule has 1 spiro atoms. The quantitative estimate of drug-likeness (QED) is 0.525. The molecule has 2 rings (SSSR count). The van der Waals surface area contributed by atoms with Crippen LogP contribution in [0.25, 0.3) is 0 Å². The molecule has 0 radical (unpaired) electrons. The van der Waals surface area contributed by atoms with E-state index in [9.17, 15) is 14.7 Å². The standard InChI is InChI=1S/C12H17NO4/c1-8(14)13-7-3-6-12(13)10(16)4-5-11(12)17-9(2)15/h4-5,10-11,16H,3,6-7H2,1-2H3/t10-,11+,12+/m1/s1. The Morgan fingerprint density at radius 3 is 2.71 bits per heavy atom. The lowest BCUT2D eigenvalue weighted by atomic mass is 9.88. The van der Waals surface area contributed by atoms with Crippen molar-refractivity contribution in [2.75, 3.05) is 6.54 Å². The highest BCUT2D eigenvalue weighted by molar-refractivity contribution is 5.75. The summed E-state index contributed by atoms with van der Waals surface area (Å²) in [5.74, 6) is -0.495. The highest BCUT2D eigenvalue weighted by Gasteiger charge is 2.56. The van der Waals surface area contributed by atoms with Gasteiger partial charge in [0.2, 0.25) is 5.91 Å². The first kappa shape index (κ1) is 12.1. The minimum Gasteiger partial charge on any atom is -0.456 e. The van der Waals surface area contributed by atoms with Crippen molar-refractivity contribution in [3.63, 3.8) is 0 Å². The molecule has 5 heteroatoms. The fourth-order valence-corrected chi connectivity index (χ4v) is 2.95. The van der Waals surface area contributed by atoms with Crippen molar-refractivity contribution < 1.29 is 19.4 Å². The maximum Gasteiger partial charge on any atom is 0.303 e. The Bertz CT molecular complexity index is 379. The molecular formula is C12H17NO4. The average molecular weight is 239 g/mol. The van der Waals surface area contributed by atoms with Gasteiger partial charge in [0.1, 0.15) is 11.6 Å². The maximum absolute atomic E-state index is 11.6. The number of hydrogen-bond acceptors (Lipinski definition) is 4. The normalized spacial score (nSPS) is 35.6. The number of likely N-dealkylation sites (tertiary alicyclic amines) is 1. The van der Waals surface area contributed by atoms with Crippen LogP contribution < -0.4 is 0 Å². The summed E-state index contributed by atoms with van der Waals surface area (Å²) in [7, 11) is 0. The molecule has 0 aromatic rings. The second-order valence-electron chi connectivity index (χ2n) is 4.63. The molecule has 3 atom stereocenters. The van der Waals surface area contributed by atoms with Crippen molar-refractivity contribution >= 4 is 11.9 Å². The third-order valence-corrected chi connectivity index (χ3v) is 3.61. The molecule has 1 aliphatic heterocycles. The number of carbonyl (C=O) groups is 2. The Kier molecular flexibility index (Phi) is 2.95. The molecule has 17 heavy (non-hydrogen) atoms. The van der Waals surface area contributed by atoms with Gasteiger partial charge in [-0.25, -0.2) is 0 Å². The van der Waals surface area contributed by atoms with E-state index in [1.165, 1.54) is 13.8 Å². The average Bonchev–Trinajstić information content (AvgIpc) is 2.78. The van der Waals surface area contributed by atoms with E-state index in [0.29, 0.717) is 13.0 Å². The van der Waals surface area contributed by atoms with Gasteiger partial charge in [0, 0.05) is 20.4 Å². The van der Waals surface area contributed by atoms with E-state index in [0.717, 1.165) is 6.42 Å². The monoisotopic (exact) mass is 239 g/mol. The molecule has 0 unspecified atom stereocenters. The molecule has 0 aromatic heterocycles. The van der Waals surface area contributed by atoms with E-state index < -0.39 is 23.7 Å². The number of nitrogens with zero attached hydrogens (tertiary/aromatic N) is 1. The summed E-state index contributed by atoms with van der Waals surface area (Å²) < 4.78 is 5.22. The molecule has 0 saturated carbocycles. The molecule has 1 heterocycles. The van der Waals surface area contributed by atoms with Crippen molar-refractivity contribution in [2.45, 2.75) is 44.4 Å². The van der Waals surface area contributed by atoms with E-state index in [-0.39, 0.29) is 5.91 Å². The van der Waals surface area contributed by atoms with Gasteiger partial charge in [-0.2, -0.15) is 0 Å². The van der Waals surface area contributed by atoms with Gasteiger partial charge in [0.25, 0.3) is 0 Å². The van der Waals surface area contributed by atoms with Crippen molar-refractivity contribution in [1.82, 2.24) is 4.90 Å². The number of aliphatic hydroxyl groups is 1. The van der Waals surface area contributed by atoms with E-state index in [2.05, 4.69) is 0 Å². The summed E-state index contributed by atoms with van der Waals surface area (Å²) in [6.45, 7) is 3.41. The summed E-state index contributed by atoms with van der Waals surface area (Å²) in [5, 5.41) is 10.1. The predicted molar refractivity (Wildman–Crippen MR) is 60.1 cm³/mol. The SMILES string of the molecule is CC(=O)O[C@H]1C=C[C@@H](O)[C@@]12CCCN2C(C)=O. The van der Waals surface area contributed by atoms with Crippen molar-refractivity contribution in [3.05, 3.63) is 12.2 Å². The second-order valence-corrected chi connectivity index (χ2v) is 4.63. The lowest BCUT2D eigenvalue weighted by Crippen LogP contribution is -2.59. The fourth-order valence-electron chi connectivity index (χ4n) is 2.95. The smallest absolute Gasteiger partial charge is 0.303 e. The molecule has 1 aliphatic carbocycles. The number of amides is 1. The molecule has 2 aliphatic rings. The third kappa shape index (κ3) is 1.74. The first-order valence-electron chi connectivity index (χ1n) is 5.80. The molecule has 5 nitrogen and oxygen atoms in total. The van der Waals surface area contributed by atoms with Gasteiger partial charge in [-0.05, 0) is 18.9 Å². The van der Waals surface area contributed by atoms with Gasteiger partial charge in [-0.3, -0.25) is 9.59 Å². The predicted octanol–water partition coefficient (Wildman–Crippen LogP) is 0.230. The van der Waals surface area contributed by atoms with Gasteiger partial charge in [-0.15, -0.1) is 0 Å². The first-order valence-corrected chi connectivity index (χ1v) is 5.80. The Labute approximate surface area is 100 Å². The van der Waals surface area contributed by atoms with Crippen LogP contribution in [0.4, 0.5) is 0 Å². The lowest BCUT2D eigenvalue weighted by molar-refractivity contribution is -0.158. The number of ether oxygens (including phenoxy) is 1. The minimum absolute atomic E-state index is 0.0950. The van der Waals surface area contributed by atoms with Crippen LogP contribution in [0.3, 0.4) is 0 Å². The van der Waals surface area contributed by atoms with Gasteiger partial charge in [0.15, 0.2) is 0 Å². The van der Waals surface area contributed by atoms with E-state index in [1.807, 2.05) is 0 Å². The number of esters is 1. The molecule has 1 amide bonds. The summed E-state index contributed by atoms with van der Waals surface area (Å²) in [6.07, 6.45) is 3.44. The third-order valence-electron chi connectivity index (χ3n) is 3.61. The van der Waals surface area contributed by atoms with Crippen LogP contribution in [-0.2, 0) is 14.3 Å². The largest absolute Gasteiger partial charge is 0.456 e. The zero-order chi connectivity index (χ0) is 12.6. The molecule has 0 bridgehead atoms. The lowest BCUT2D eigenvalue weighted by Gasteiger charge is -2.41. The second kappa shape index (κ2) is 4.14. The van der Waals surface area contributed by atoms with Crippen LogP contribution in [0.15, 0.2) is 12.2 Å². The Balaban J connectivity index is 2.31. The highest BCUT2D eigenvalue weighted by atomic mass is 16.5. The maximum atomic E-state index is 11.6. The van der Waals surface area contributed by atoms with Crippen LogP contribution >= 0.6 is 0 Å². The van der Waals surface area contributed by atoms with Gasteiger partial charge < -0.3 is 14.7 Å². The van der Waals surface area contributed by atoms with Gasteiger partial charge in [-0.1, -0.05) is 6.08 Å². The molecule has 0 aromatic carbocycles. The molecular weight excluding hydrogens is 222 g/mol. The summed E-state index contributed by atoms with van der Waals surface area (Å²) in [5.41, 5.74) is -0.780. The highest BCUT2D eigenvalue weighted by Crippen LogP contribution is 2.41. The summed E-state index contributed by atoms with van der Waals surface area (Å²) in [6, 6.07) is 0. The molecule has 1 saturated heterocycles. The Morgan fingerprint density at radius 2 is 2.12 bits per heavy atom. The fraction of sp³-hybridized carbons (Fsp3) is 0.667. The van der Waals surface area contributed by atoms with Crippen LogP contribution in [0.5, 0.6) is 0 Å². The zero-order valence-corrected chi connectivity index (χ0v) is 10.0. The van der Waals surface area contributed by atoms with Crippen molar-refractivity contribution in [2.24, 2.45) is 0 Å². The van der Waals surface area contributed by atoms with Crippen LogP contribution in [0, 0.1) is 0 Å². The van der Waals surface area contributed by atoms with Crippen LogP contribution in [0.2, 0.25) is 0 Å². The summed E-state index contributed by atoms with van der Waals surface area (Å²) >= 11 is 0. The van der Waals surface area contributed by atoms with Gasteiger partial charge >= 0.3 is 5.97 Å². The molecule has 1 fully saturated rings. The van der Waals surface area contributed by atoms with E-state index in [1.54, 1.807) is 17.1 Å². The number of rotatable bonds is 1. The molecule has 1 N–H and O–H groups in total. The van der Waals surface area contributed by atoms with Gasteiger partial charge in [0.05, 0.1) is 6.10 Å². The van der Waals surface area contributed by atoms with E-state index in [4.69, 9.17) is 4.74 Å². The topological polar surface area (TPSA) is 66.8 Å². The summed E-state index contributed by atoms with van der Waals surface area (Å²) in [4.78, 5) is 24.3. The Hall–Kier alpha value is -1.36. The van der Waals surface area contributed by atoms with Crippen LogP contribution in [-0.4, -0.2) is 46.2 Å². The number of carbonyl (C=O) groups excluding carboxylic acids is 2. The van der Waals surface area contributed by atoms with Crippen molar-refractivity contribution in [3.8, 4) is 0 Å². The Morgan fingerprint density at radius 1 is 1.41 bits per heavy atom. The van der Waals surface area contributed by atoms with Crippen molar-refractivity contribution in [1.29, 1.82) is 0 Å².